The van der Waals surface area contributed by atoms with Crippen LogP contribution in [0.15, 0.2) is 17.0 Å². The average molecular weight is 314 g/mol. The van der Waals surface area contributed by atoms with Gasteiger partial charge in [0.25, 0.3) is 0 Å². The molecule has 0 atom stereocenters. The van der Waals surface area contributed by atoms with E-state index >= 15 is 0 Å². The maximum Gasteiger partial charge on any atom is 0.243 e. The second-order valence-electron chi connectivity index (χ2n) is 6.08. The van der Waals surface area contributed by atoms with E-state index in [1.54, 1.807) is 7.05 Å². The Morgan fingerprint density at radius 2 is 1.81 bits per heavy atom. The highest BCUT2D eigenvalue weighted by molar-refractivity contribution is 7.89. The normalized spacial score (nSPS) is 23.5. The van der Waals surface area contributed by atoms with E-state index < -0.39 is 15.8 Å². The molecule has 0 amide bonds. The third-order valence-electron chi connectivity index (χ3n) is 4.43. The predicted octanol–water partition coefficient (Wildman–Crippen LogP) is 2.92. The maximum atomic E-state index is 13.6. The Labute approximate surface area is 126 Å². The number of hydrogen-bond acceptors (Lipinski definition) is 3. The lowest BCUT2D eigenvalue weighted by Crippen LogP contribution is -2.39. The van der Waals surface area contributed by atoms with Crippen LogP contribution in [0.1, 0.15) is 38.2 Å². The first-order chi connectivity index (χ1) is 9.73. The summed E-state index contributed by atoms with van der Waals surface area (Å²) >= 11 is 0. The summed E-state index contributed by atoms with van der Waals surface area (Å²) in [5, 5.41) is 0. The van der Waals surface area contributed by atoms with E-state index in [2.05, 4.69) is 6.92 Å². The van der Waals surface area contributed by atoms with E-state index in [0.29, 0.717) is 5.92 Å². The van der Waals surface area contributed by atoms with E-state index in [1.807, 2.05) is 0 Å². The molecular formula is C15H23FN2O2S. The molecular weight excluding hydrogens is 291 g/mol. The molecule has 0 saturated heterocycles. The number of sulfonamides is 1. The van der Waals surface area contributed by atoms with Crippen molar-refractivity contribution in [3.8, 4) is 0 Å². The van der Waals surface area contributed by atoms with E-state index in [4.69, 9.17) is 5.73 Å². The smallest absolute Gasteiger partial charge is 0.243 e. The number of nitrogen functional groups attached to an aromatic ring is 1. The van der Waals surface area contributed by atoms with Gasteiger partial charge in [-0.25, -0.2) is 12.8 Å². The molecule has 1 aliphatic rings. The zero-order valence-corrected chi connectivity index (χ0v) is 13.6. The standard InChI is InChI=1S/C15H23FN2O2S/c1-10-4-6-12(7-5-10)18(3)21(19,20)13-8-11(2)15(16)14(17)9-13/h8-10,12H,4-7,17H2,1-3H3. The van der Waals surface area contributed by atoms with Crippen molar-refractivity contribution < 1.29 is 12.8 Å². The quantitative estimate of drug-likeness (QED) is 0.873. The van der Waals surface area contributed by atoms with Crippen LogP contribution in [-0.4, -0.2) is 25.8 Å². The minimum absolute atomic E-state index is 0.0118. The maximum absolute atomic E-state index is 13.6. The van der Waals surface area contributed by atoms with Gasteiger partial charge in [-0.2, -0.15) is 4.31 Å². The molecule has 0 aliphatic heterocycles. The fourth-order valence-corrected chi connectivity index (χ4v) is 4.42. The summed E-state index contributed by atoms with van der Waals surface area (Å²) < 4.78 is 40.3. The van der Waals surface area contributed by atoms with Gasteiger partial charge in [0.2, 0.25) is 10.0 Å². The first kappa shape index (κ1) is 16.2. The topological polar surface area (TPSA) is 63.4 Å². The van der Waals surface area contributed by atoms with Gasteiger partial charge in [-0.1, -0.05) is 6.92 Å². The Balaban J connectivity index is 2.29. The predicted molar refractivity (Wildman–Crippen MR) is 81.9 cm³/mol. The van der Waals surface area contributed by atoms with Crippen LogP contribution in [0.3, 0.4) is 0 Å². The molecule has 1 saturated carbocycles. The molecule has 1 aromatic rings. The van der Waals surface area contributed by atoms with Crippen LogP contribution in [0.4, 0.5) is 10.1 Å². The van der Waals surface area contributed by atoms with Crippen molar-refractivity contribution in [2.75, 3.05) is 12.8 Å². The summed E-state index contributed by atoms with van der Waals surface area (Å²) in [6.45, 7) is 3.71. The monoisotopic (exact) mass is 314 g/mol. The van der Waals surface area contributed by atoms with Crippen molar-refractivity contribution in [3.05, 3.63) is 23.5 Å². The van der Waals surface area contributed by atoms with Gasteiger partial charge >= 0.3 is 0 Å². The molecule has 0 heterocycles. The number of halogens is 1. The molecule has 4 nitrogen and oxygen atoms in total. The Hall–Kier alpha value is -1.14. The van der Waals surface area contributed by atoms with E-state index in [1.165, 1.54) is 23.4 Å². The first-order valence-corrected chi connectivity index (χ1v) is 8.71. The molecule has 0 unspecified atom stereocenters. The number of hydrogen-bond donors (Lipinski definition) is 1. The lowest BCUT2D eigenvalue weighted by Gasteiger charge is -2.33. The molecule has 0 radical (unpaired) electrons. The Morgan fingerprint density at radius 1 is 1.24 bits per heavy atom. The second kappa shape index (κ2) is 5.93. The number of benzene rings is 1. The molecule has 2 N–H and O–H groups in total. The lowest BCUT2D eigenvalue weighted by atomic mass is 9.87. The summed E-state index contributed by atoms with van der Waals surface area (Å²) in [5.74, 6) is 0.101. The summed E-state index contributed by atoms with van der Waals surface area (Å²) in [6, 6.07) is 2.57. The van der Waals surface area contributed by atoms with Crippen molar-refractivity contribution in [3.63, 3.8) is 0 Å². The van der Waals surface area contributed by atoms with Crippen molar-refractivity contribution in [1.29, 1.82) is 0 Å². The molecule has 0 aromatic heterocycles. The minimum atomic E-state index is -3.63. The zero-order chi connectivity index (χ0) is 15.8. The highest BCUT2D eigenvalue weighted by atomic mass is 32.2. The van der Waals surface area contributed by atoms with Gasteiger partial charge in [0.15, 0.2) is 0 Å². The number of nitrogens with two attached hydrogens (primary N) is 1. The van der Waals surface area contributed by atoms with E-state index in [0.717, 1.165) is 25.7 Å². The van der Waals surface area contributed by atoms with Crippen LogP contribution in [0, 0.1) is 18.7 Å². The molecule has 0 bridgehead atoms. The molecule has 118 valence electrons. The fourth-order valence-electron chi connectivity index (χ4n) is 2.88. The number of nitrogens with zero attached hydrogens (tertiary/aromatic N) is 1. The highest BCUT2D eigenvalue weighted by Gasteiger charge is 2.31. The number of aryl methyl sites for hydroxylation is 1. The summed E-state index contributed by atoms with van der Waals surface area (Å²) in [4.78, 5) is 0.0695. The largest absolute Gasteiger partial charge is 0.396 e. The minimum Gasteiger partial charge on any atom is -0.396 e. The molecule has 21 heavy (non-hydrogen) atoms. The average Bonchev–Trinajstić information content (AvgIpc) is 2.44. The first-order valence-electron chi connectivity index (χ1n) is 7.27. The van der Waals surface area contributed by atoms with Crippen LogP contribution in [0.2, 0.25) is 0 Å². The molecule has 1 fully saturated rings. The van der Waals surface area contributed by atoms with Crippen LogP contribution < -0.4 is 5.73 Å². The molecule has 1 aromatic carbocycles. The third-order valence-corrected chi connectivity index (χ3v) is 6.32. The molecule has 6 heteroatoms. The summed E-state index contributed by atoms with van der Waals surface area (Å²) in [6.07, 6.45) is 3.81. The summed E-state index contributed by atoms with van der Waals surface area (Å²) in [5.41, 5.74) is 5.68. The summed E-state index contributed by atoms with van der Waals surface area (Å²) in [7, 11) is -2.03. The Kier molecular flexibility index (Phi) is 4.58. The van der Waals surface area contributed by atoms with Crippen LogP contribution in [0.25, 0.3) is 0 Å². The highest BCUT2D eigenvalue weighted by Crippen LogP contribution is 2.30. The molecule has 1 aliphatic carbocycles. The van der Waals surface area contributed by atoms with Crippen LogP contribution in [-0.2, 0) is 10.0 Å². The number of anilines is 1. The third kappa shape index (κ3) is 3.21. The van der Waals surface area contributed by atoms with Crippen molar-refractivity contribution in [2.24, 2.45) is 5.92 Å². The van der Waals surface area contributed by atoms with Gasteiger partial charge in [-0.3, -0.25) is 0 Å². The van der Waals surface area contributed by atoms with Crippen LogP contribution in [0.5, 0.6) is 0 Å². The van der Waals surface area contributed by atoms with Gasteiger partial charge in [-0.05, 0) is 56.2 Å². The van der Waals surface area contributed by atoms with E-state index in [9.17, 15) is 12.8 Å². The lowest BCUT2D eigenvalue weighted by molar-refractivity contribution is 0.246. The zero-order valence-electron chi connectivity index (χ0n) is 12.8. The SMILES string of the molecule is Cc1cc(S(=O)(=O)N(C)C2CCC(C)CC2)cc(N)c1F. The molecule has 0 spiro atoms. The van der Waals surface area contributed by atoms with Crippen molar-refractivity contribution in [2.45, 2.75) is 50.5 Å². The Morgan fingerprint density at radius 3 is 2.33 bits per heavy atom. The van der Waals surface area contributed by atoms with Gasteiger partial charge < -0.3 is 5.73 Å². The van der Waals surface area contributed by atoms with Crippen molar-refractivity contribution >= 4 is 15.7 Å². The van der Waals surface area contributed by atoms with Crippen molar-refractivity contribution in [1.82, 2.24) is 4.31 Å². The van der Waals surface area contributed by atoms with E-state index in [-0.39, 0.29) is 22.2 Å². The molecule has 2 rings (SSSR count). The van der Waals surface area contributed by atoms with Crippen LogP contribution >= 0.6 is 0 Å². The number of rotatable bonds is 3. The van der Waals surface area contributed by atoms with Gasteiger partial charge in [-0.15, -0.1) is 0 Å². The fraction of sp³-hybridized carbons (Fsp3) is 0.600. The second-order valence-corrected chi connectivity index (χ2v) is 8.08. The Bertz CT molecular complexity index is 600. The van der Waals surface area contributed by atoms with Gasteiger partial charge in [0, 0.05) is 13.1 Å². The van der Waals surface area contributed by atoms with Gasteiger partial charge in [0.1, 0.15) is 5.82 Å². The van der Waals surface area contributed by atoms with Gasteiger partial charge in [0.05, 0.1) is 10.6 Å².